The Balaban J connectivity index is 1.91. The van der Waals surface area contributed by atoms with Gasteiger partial charge in [0.1, 0.15) is 0 Å². The number of hydrogen-bond acceptors (Lipinski definition) is 0. The van der Waals surface area contributed by atoms with E-state index in [1.807, 2.05) is 0 Å². The van der Waals surface area contributed by atoms with Gasteiger partial charge >= 0.3 is 0 Å². The SMILES string of the molecule is CCCC1CCC(c2ccc(CC)cc2)CC1. The van der Waals surface area contributed by atoms with Crippen molar-refractivity contribution in [3.63, 3.8) is 0 Å². The van der Waals surface area contributed by atoms with Crippen molar-refractivity contribution in [3.8, 4) is 0 Å². The molecule has 94 valence electrons. The Morgan fingerprint density at radius 1 is 0.941 bits per heavy atom. The third kappa shape index (κ3) is 3.34. The highest BCUT2D eigenvalue weighted by atomic mass is 14.3. The van der Waals surface area contributed by atoms with Crippen LogP contribution in [-0.2, 0) is 6.42 Å². The highest BCUT2D eigenvalue weighted by Crippen LogP contribution is 2.37. The maximum Gasteiger partial charge on any atom is -0.0162 e. The topological polar surface area (TPSA) is 0 Å². The van der Waals surface area contributed by atoms with E-state index < -0.39 is 0 Å². The number of hydrogen-bond donors (Lipinski definition) is 0. The van der Waals surface area contributed by atoms with Gasteiger partial charge in [0.15, 0.2) is 0 Å². The lowest BCUT2D eigenvalue weighted by Crippen LogP contribution is -2.13. The summed E-state index contributed by atoms with van der Waals surface area (Å²) in [6.45, 7) is 4.54. The van der Waals surface area contributed by atoms with E-state index in [2.05, 4.69) is 38.1 Å². The maximum atomic E-state index is 2.36. The van der Waals surface area contributed by atoms with Crippen LogP contribution in [-0.4, -0.2) is 0 Å². The molecule has 1 fully saturated rings. The lowest BCUT2D eigenvalue weighted by molar-refractivity contribution is 0.308. The summed E-state index contributed by atoms with van der Waals surface area (Å²) >= 11 is 0. The standard InChI is InChI=1S/C17H26/c1-3-5-15-8-12-17(13-9-15)16-10-6-14(4-2)7-11-16/h6-7,10-11,15,17H,3-5,8-9,12-13H2,1-2H3. The molecule has 0 bridgehead atoms. The highest BCUT2D eigenvalue weighted by molar-refractivity contribution is 5.25. The maximum absolute atomic E-state index is 2.36. The first-order valence-electron chi connectivity index (χ1n) is 7.42. The fraction of sp³-hybridized carbons (Fsp3) is 0.647. The minimum Gasteiger partial charge on any atom is -0.0654 e. The first-order valence-corrected chi connectivity index (χ1v) is 7.42. The Kier molecular flexibility index (Phi) is 4.65. The molecule has 0 heterocycles. The van der Waals surface area contributed by atoms with E-state index >= 15 is 0 Å². The van der Waals surface area contributed by atoms with Gasteiger partial charge in [0.2, 0.25) is 0 Å². The van der Waals surface area contributed by atoms with Crippen LogP contribution in [0.3, 0.4) is 0 Å². The summed E-state index contributed by atoms with van der Waals surface area (Å²) in [6, 6.07) is 9.36. The largest absolute Gasteiger partial charge is 0.0654 e. The zero-order valence-corrected chi connectivity index (χ0v) is 11.4. The molecular formula is C17H26. The summed E-state index contributed by atoms with van der Waals surface area (Å²) < 4.78 is 0. The molecule has 0 heteroatoms. The third-order valence-electron chi connectivity index (χ3n) is 4.40. The smallest absolute Gasteiger partial charge is 0.0162 e. The van der Waals surface area contributed by atoms with E-state index in [0.29, 0.717) is 0 Å². The average Bonchev–Trinajstić information content (AvgIpc) is 2.40. The van der Waals surface area contributed by atoms with Gasteiger partial charge in [0, 0.05) is 0 Å². The van der Waals surface area contributed by atoms with Gasteiger partial charge < -0.3 is 0 Å². The summed E-state index contributed by atoms with van der Waals surface area (Å²) in [7, 11) is 0. The molecular weight excluding hydrogens is 204 g/mol. The van der Waals surface area contributed by atoms with Crippen LogP contribution in [0.5, 0.6) is 0 Å². The van der Waals surface area contributed by atoms with Gasteiger partial charge in [-0.15, -0.1) is 0 Å². The second-order valence-corrected chi connectivity index (χ2v) is 5.60. The zero-order chi connectivity index (χ0) is 12.1. The molecule has 1 aliphatic carbocycles. The van der Waals surface area contributed by atoms with Gasteiger partial charge in [0.25, 0.3) is 0 Å². The Hall–Kier alpha value is -0.780. The molecule has 0 atom stereocenters. The van der Waals surface area contributed by atoms with Crippen LogP contribution in [0.1, 0.15) is 69.4 Å². The van der Waals surface area contributed by atoms with Crippen LogP contribution in [0, 0.1) is 5.92 Å². The molecule has 17 heavy (non-hydrogen) atoms. The van der Waals surface area contributed by atoms with Crippen LogP contribution in [0.2, 0.25) is 0 Å². The fourth-order valence-corrected chi connectivity index (χ4v) is 3.22. The van der Waals surface area contributed by atoms with Crippen molar-refractivity contribution in [1.29, 1.82) is 0 Å². The summed E-state index contributed by atoms with van der Waals surface area (Å²) in [5.74, 6) is 1.86. The number of aryl methyl sites for hydroxylation is 1. The average molecular weight is 230 g/mol. The normalized spacial score (nSPS) is 24.8. The van der Waals surface area contributed by atoms with Gasteiger partial charge in [-0.05, 0) is 55.1 Å². The number of benzene rings is 1. The second-order valence-electron chi connectivity index (χ2n) is 5.60. The molecule has 0 spiro atoms. The molecule has 0 aromatic heterocycles. The van der Waals surface area contributed by atoms with Crippen molar-refractivity contribution in [1.82, 2.24) is 0 Å². The Morgan fingerprint density at radius 2 is 1.59 bits per heavy atom. The van der Waals surface area contributed by atoms with Crippen molar-refractivity contribution >= 4 is 0 Å². The lowest BCUT2D eigenvalue weighted by atomic mass is 9.77. The molecule has 2 rings (SSSR count). The van der Waals surface area contributed by atoms with Crippen LogP contribution >= 0.6 is 0 Å². The van der Waals surface area contributed by atoms with E-state index in [1.165, 1.54) is 44.1 Å². The Bertz CT molecular complexity index is 314. The van der Waals surface area contributed by atoms with Crippen LogP contribution < -0.4 is 0 Å². The van der Waals surface area contributed by atoms with Crippen molar-refractivity contribution in [2.45, 2.75) is 64.7 Å². The first kappa shape index (κ1) is 12.7. The minimum atomic E-state index is 0.842. The Labute approximate surface area is 106 Å². The minimum absolute atomic E-state index is 0.842. The quantitative estimate of drug-likeness (QED) is 0.656. The van der Waals surface area contributed by atoms with Crippen molar-refractivity contribution in [3.05, 3.63) is 35.4 Å². The van der Waals surface area contributed by atoms with E-state index in [4.69, 9.17) is 0 Å². The Morgan fingerprint density at radius 3 is 2.12 bits per heavy atom. The molecule has 0 amide bonds. The van der Waals surface area contributed by atoms with Crippen LogP contribution in [0.25, 0.3) is 0 Å². The second kappa shape index (κ2) is 6.23. The van der Waals surface area contributed by atoms with Crippen molar-refractivity contribution < 1.29 is 0 Å². The predicted octanol–water partition coefficient (Wildman–Crippen LogP) is 5.32. The molecule has 1 aromatic carbocycles. The van der Waals surface area contributed by atoms with Gasteiger partial charge in [-0.3, -0.25) is 0 Å². The van der Waals surface area contributed by atoms with Crippen LogP contribution in [0.4, 0.5) is 0 Å². The summed E-state index contributed by atoms with van der Waals surface area (Å²) in [5, 5.41) is 0. The number of rotatable bonds is 4. The van der Waals surface area contributed by atoms with Crippen molar-refractivity contribution in [2.24, 2.45) is 5.92 Å². The molecule has 0 radical (unpaired) electrons. The van der Waals surface area contributed by atoms with Gasteiger partial charge in [-0.1, -0.05) is 51.0 Å². The van der Waals surface area contributed by atoms with E-state index in [-0.39, 0.29) is 0 Å². The molecule has 0 aliphatic heterocycles. The zero-order valence-electron chi connectivity index (χ0n) is 11.4. The first-order chi connectivity index (χ1) is 8.33. The van der Waals surface area contributed by atoms with E-state index in [9.17, 15) is 0 Å². The molecule has 0 N–H and O–H groups in total. The summed E-state index contributed by atoms with van der Waals surface area (Å²) in [5.41, 5.74) is 3.05. The molecule has 1 aromatic rings. The molecule has 0 unspecified atom stereocenters. The fourth-order valence-electron chi connectivity index (χ4n) is 3.22. The van der Waals surface area contributed by atoms with Crippen LogP contribution in [0.15, 0.2) is 24.3 Å². The molecule has 0 nitrogen and oxygen atoms in total. The molecule has 1 aliphatic rings. The lowest BCUT2D eigenvalue weighted by Gasteiger charge is -2.28. The predicted molar refractivity (Wildman–Crippen MR) is 75.4 cm³/mol. The van der Waals surface area contributed by atoms with Gasteiger partial charge in [-0.25, -0.2) is 0 Å². The third-order valence-corrected chi connectivity index (χ3v) is 4.40. The van der Waals surface area contributed by atoms with Gasteiger partial charge in [0.05, 0.1) is 0 Å². The van der Waals surface area contributed by atoms with E-state index in [1.54, 1.807) is 5.56 Å². The summed E-state index contributed by atoms with van der Waals surface area (Å²) in [6.07, 6.45) is 9.69. The van der Waals surface area contributed by atoms with E-state index in [0.717, 1.165) is 18.3 Å². The monoisotopic (exact) mass is 230 g/mol. The van der Waals surface area contributed by atoms with Gasteiger partial charge in [-0.2, -0.15) is 0 Å². The molecule has 1 saturated carbocycles. The molecule has 0 saturated heterocycles. The highest BCUT2D eigenvalue weighted by Gasteiger charge is 2.21. The van der Waals surface area contributed by atoms with Crippen molar-refractivity contribution in [2.75, 3.05) is 0 Å². The summed E-state index contributed by atoms with van der Waals surface area (Å²) in [4.78, 5) is 0.